The topological polar surface area (TPSA) is 163 Å². The Morgan fingerprint density at radius 3 is 2.41 bits per heavy atom. The lowest BCUT2D eigenvalue weighted by Crippen LogP contribution is -2.42. The number of hydrogen-bond acceptors (Lipinski definition) is 9. The van der Waals surface area contributed by atoms with Gasteiger partial charge in [-0.15, -0.1) is 11.3 Å². The van der Waals surface area contributed by atoms with E-state index in [4.69, 9.17) is 27.4 Å². The number of rotatable bonds is 12. The molecule has 0 saturated carbocycles. The molecule has 11 nitrogen and oxygen atoms in total. The maximum atomic E-state index is 13.2. The first-order valence-corrected chi connectivity index (χ1v) is 18.9. The number of nitrogens with one attached hydrogen (secondary N) is 6. The SMILES string of the molecule is CC(=N)N1C(=N)[C@H](CC(=O)NCCCCCC(=O)Nc2ccccc2C(=O)NC2NC(C)=C(C)S2)N=C(c2ccc(Cl)cc2)c2c1sc(C)c2C. The van der Waals surface area contributed by atoms with Crippen LogP contribution in [0, 0.1) is 24.7 Å². The van der Waals surface area contributed by atoms with Gasteiger partial charge < -0.3 is 21.3 Å². The minimum atomic E-state index is -0.804. The number of anilines is 2. The lowest BCUT2D eigenvalue weighted by atomic mass is 9.99. The Morgan fingerprint density at radius 2 is 1.73 bits per heavy atom. The summed E-state index contributed by atoms with van der Waals surface area (Å²) < 4.78 is 0. The number of thiophene rings is 1. The Balaban J connectivity index is 1.13. The van der Waals surface area contributed by atoms with Gasteiger partial charge in [-0.3, -0.25) is 35.1 Å². The normalized spacial score (nSPS) is 16.9. The van der Waals surface area contributed by atoms with Crippen LogP contribution < -0.4 is 26.2 Å². The van der Waals surface area contributed by atoms with Crippen molar-refractivity contribution in [1.82, 2.24) is 16.0 Å². The Hall–Kier alpha value is -4.46. The monoisotopic (exact) mass is 746 g/mol. The summed E-state index contributed by atoms with van der Waals surface area (Å²) in [5.74, 6) is -0.455. The molecular formula is C37H43ClN8O3S2. The summed E-state index contributed by atoms with van der Waals surface area (Å²) >= 11 is 9.23. The number of halogens is 1. The molecule has 1 aromatic heterocycles. The Labute approximate surface area is 311 Å². The van der Waals surface area contributed by atoms with Gasteiger partial charge in [0.05, 0.1) is 23.4 Å². The van der Waals surface area contributed by atoms with Gasteiger partial charge in [0.2, 0.25) is 11.8 Å². The molecule has 5 rings (SSSR count). The summed E-state index contributed by atoms with van der Waals surface area (Å²) in [5.41, 5.74) is 4.99. The first-order valence-electron chi connectivity index (χ1n) is 16.8. The van der Waals surface area contributed by atoms with Gasteiger partial charge in [0.15, 0.2) is 5.50 Å². The van der Waals surface area contributed by atoms with Crippen molar-refractivity contribution in [2.75, 3.05) is 16.8 Å². The van der Waals surface area contributed by atoms with Gasteiger partial charge in [-0.25, -0.2) is 0 Å². The molecule has 1 unspecified atom stereocenters. The number of hydrogen-bond donors (Lipinski definition) is 6. The predicted molar refractivity (Wildman–Crippen MR) is 210 cm³/mol. The van der Waals surface area contributed by atoms with E-state index < -0.39 is 6.04 Å². The minimum Gasteiger partial charge on any atom is -0.359 e. The molecule has 0 spiro atoms. The fourth-order valence-electron chi connectivity index (χ4n) is 5.81. The van der Waals surface area contributed by atoms with E-state index in [0.29, 0.717) is 47.8 Å². The molecule has 2 aromatic carbocycles. The molecule has 14 heteroatoms. The highest BCUT2D eigenvalue weighted by Gasteiger charge is 2.34. The van der Waals surface area contributed by atoms with Gasteiger partial charge in [0.25, 0.3) is 5.91 Å². The van der Waals surface area contributed by atoms with Crippen LogP contribution in [0.5, 0.6) is 0 Å². The molecular weight excluding hydrogens is 704 g/mol. The molecule has 2 atom stereocenters. The first-order chi connectivity index (χ1) is 24.3. The van der Waals surface area contributed by atoms with E-state index in [-0.39, 0.29) is 47.7 Å². The minimum absolute atomic E-state index is 0.0483. The van der Waals surface area contributed by atoms with E-state index in [9.17, 15) is 14.4 Å². The number of fused-ring (bicyclic) bond motifs is 1. The number of nitrogens with zero attached hydrogens (tertiary/aromatic N) is 2. The van der Waals surface area contributed by atoms with Gasteiger partial charge >= 0.3 is 0 Å². The van der Waals surface area contributed by atoms with Crippen LogP contribution in [0.25, 0.3) is 0 Å². The van der Waals surface area contributed by atoms with E-state index in [0.717, 1.165) is 37.2 Å². The zero-order chi connectivity index (χ0) is 36.8. The van der Waals surface area contributed by atoms with Gasteiger partial charge in [0, 0.05) is 44.6 Å². The summed E-state index contributed by atoms with van der Waals surface area (Å²) in [4.78, 5) is 47.7. The average Bonchev–Trinajstić information content (AvgIpc) is 3.51. The van der Waals surface area contributed by atoms with E-state index in [1.807, 2.05) is 39.8 Å². The summed E-state index contributed by atoms with van der Waals surface area (Å²) in [6.45, 7) is 10.0. The van der Waals surface area contributed by atoms with E-state index >= 15 is 0 Å². The number of allylic oxidation sites excluding steroid dienone is 2. The van der Waals surface area contributed by atoms with Gasteiger partial charge in [0.1, 0.15) is 22.7 Å². The lowest BCUT2D eigenvalue weighted by molar-refractivity contribution is -0.121. The van der Waals surface area contributed by atoms with Gasteiger partial charge in [-0.2, -0.15) is 0 Å². The second-order valence-electron chi connectivity index (χ2n) is 12.5. The molecule has 3 heterocycles. The van der Waals surface area contributed by atoms with Crippen LogP contribution in [-0.2, 0) is 9.59 Å². The zero-order valence-corrected chi connectivity index (χ0v) is 31.7. The van der Waals surface area contributed by atoms with Crippen LogP contribution in [0.15, 0.2) is 64.1 Å². The number of thioether (sulfide) groups is 1. The molecule has 51 heavy (non-hydrogen) atoms. The average molecular weight is 747 g/mol. The number of carbonyl (C=O) groups is 3. The third kappa shape index (κ3) is 9.07. The van der Waals surface area contributed by atoms with E-state index in [1.165, 1.54) is 23.1 Å². The van der Waals surface area contributed by atoms with Crippen LogP contribution >= 0.6 is 34.7 Å². The van der Waals surface area contributed by atoms with Crippen LogP contribution in [0.4, 0.5) is 10.7 Å². The van der Waals surface area contributed by atoms with Crippen LogP contribution in [0.1, 0.15) is 84.8 Å². The van der Waals surface area contributed by atoms with Crippen molar-refractivity contribution >= 4 is 80.5 Å². The maximum absolute atomic E-state index is 13.2. The van der Waals surface area contributed by atoms with Crippen molar-refractivity contribution in [3.63, 3.8) is 0 Å². The summed E-state index contributed by atoms with van der Waals surface area (Å²) in [7, 11) is 0. The van der Waals surface area contributed by atoms with Gasteiger partial charge in [-0.05, 0) is 77.3 Å². The fourth-order valence-corrected chi connectivity index (χ4v) is 8.15. The molecule has 0 fully saturated rings. The zero-order valence-electron chi connectivity index (χ0n) is 29.3. The smallest absolute Gasteiger partial charge is 0.255 e. The number of para-hydroxylation sites is 1. The second-order valence-corrected chi connectivity index (χ2v) is 15.5. The molecule has 2 aliphatic rings. The molecule has 2 aliphatic heterocycles. The Bertz CT molecular complexity index is 1910. The van der Waals surface area contributed by atoms with Crippen molar-refractivity contribution in [3.05, 3.63) is 91.3 Å². The summed E-state index contributed by atoms with van der Waals surface area (Å²) in [6.07, 6.45) is 2.21. The molecule has 268 valence electrons. The maximum Gasteiger partial charge on any atom is 0.255 e. The highest BCUT2D eigenvalue weighted by atomic mass is 35.5. The Morgan fingerprint density at radius 1 is 1.00 bits per heavy atom. The highest BCUT2D eigenvalue weighted by Crippen LogP contribution is 2.40. The second kappa shape index (κ2) is 16.7. The van der Waals surface area contributed by atoms with Crippen molar-refractivity contribution in [3.8, 4) is 0 Å². The van der Waals surface area contributed by atoms with Crippen molar-refractivity contribution in [2.45, 2.75) is 78.3 Å². The number of carbonyl (C=O) groups excluding carboxylic acids is 3. The molecule has 0 bridgehead atoms. The lowest BCUT2D eigenvalue weighted by Gasteiger charge is -2.24. The molecule has 6 N–H and O–H groups in total. The number of unbranched alkanes of at least 4 members (excludes halogenated alkanes) is 2. The molecule has 0 radical (unpaired) electrons. The third-order valence-electron chi connectivity index (χ3n) is 8.76. The number of aryl methyl sites for hydroxylation is 1. The number of benzene rings is 2. The molecule has 0 saturated heterocycles. The number of amidine groups is 2. The predicted octanol–water partition coefficient (Wildman–Crippen LogP) is 7.33. The summed E-state index contributed by atoms with van der Waals surface area (Å²) in [5, 5.41) is 30.9. The highest BCUT2D eigenvalue weighted by molar-refractivity contribution is 8.03. The largest absolute Gasteiger partial charge is 0.359 e. The number of amides is 3. The quantitative estimate of drug-likeness (QED) is 0.0646. The van der Waals surface area contributed by atoms with Crippen molar-refractivity contribution in [1.29, 1.82) is 10.8 Å². The van der Waals surface area contributed by atoms with E-state index in [2.05, 4.69) is 21.3 Å². The number of aliphatic imine (C=N–C) groups is 1. The van der Waals surface area contributed by atoms with Crippen LogP contribution in [0.2, 0.25) is 5.02 Å². The third-order valence-corrected chi connectivity index (χ3v) is 11.3. The fraction of sp³-hybridized carbons (Fsp3) is 0.351. The molecule has 3 amide bonds. The first kappa shape index (κ1) is 37.8. The van der Waals surface area contributed by atoms with Gasteiger partial charge in [-0.1, -0.05) is 54.0 Å². The summed E-state index contributed by atoms with van der Waals surface area (Å²) in [6, 6.07) is 13.5. The molecule has 3 aromatic rings. The van der Waals surface area contributed by atoms with E-state index in [1.54, 1.807) is 48.2 Å². The standard InChI is InChI=1S/C37H43ClN8O3S2/c1-20-22(3)50-36-32(20)33(25-14-16-26(38)17-15-25)44-29(34(40)46(36)24(5)39)19-31(48)41-18-10-6-7-13-30(47)43-28-12-9-8-11-27(28)35(49)45-37-42-21(2)23(4)51-37/h8-9,11-12,14-17,29,37,39-40,42H,6-7,10,13,18-19H2,1-5H3,(H,41,48)(H,43,47)(H,45,49)/t29-,37?/m0/s1. The van der Waals surface area contributed by atoms with Crippen LogP contribution in [-0.4, -0.2) is 53.2 Å². The van der Waals surface area contributed by atoms with Crippen LogP contribution in [0.3, 0.4) is 0 Å². The Kier molecular flexibility index (Phi) is 12.4. The van der Waals surface area contributed by atoms with Crippen molar-refractivity contribution in [2.24, 2.45) is 4.99 Å². The van der Waals surface area contributed by atoms with Crippen molar-refractivity contribution < 1.29 is 14.4 Å². The molecule has 0 aliphatic carbocycles.